The summed E-state index contributed by atoms with van der Waals surface area (Å²) in [5.41, 5.74) is 2.87. The molecule has 2 aliphatic heterocycles. The summed E-state index contributed by atoms with van der Waals surface area (Å²) in [6.45, 7) is 2.08. The van der Waals surface area contributed by atoms with Crippen LogP contribution in [0.3, 0.4) is 0 Å². The monoisotopic (exact) mass is 396 g/mol. The van der Waals surface area contributed by atoms with Crippen LogP contribution in [0, 0.1) is 11.6 Å². The Hall–Kier alpha value is -2.80. The van der Waals surface area contributed by atoms with Crippen LogP contribution in [0.4, 0.5) is 20.3 Å². The van der Waals surface area contributed by atoms with Crippen LogP contribution < -0.4 is 9.80 Å². The van der Waals surface area contributed by atoms with Crippen molar-refractivity contribution < 1.29 is 13.9 Å². The second-order valence-electron chi connectivity index (χ2n) is 7.77. The summed E-state index contributed by atoms with van der Waals surface area (Å²) in [6.07, 6.45) is 3.79. The highest BCUT2D eigenvalue weighted by Gasteiger charge is 2.30. The van der Waals surface area contributed by atoms with E-state index < -0.39 is 11.6 Å². The minimum absolute atomic E-state index is 0.246. The van der Waals surface area contributed by atoms with Crippen LogP contribution in [-0.4, -0.2) is 40.8 Å². The molecule has 0 aliphatic carbocycles. The number of nitrogens with zero attached hydrogens (tertiary/aromatic N) is 4. The van der Waals surface area contributed by atoms with Gasteiger partial charge in [-0.15, -0.1) is 0 Å². The van der Waals surface area contributed by atoms with E-state index in [1.54, 1.807) is 6.20 Å². The van der Waals surface area contributed by atoms with Crippen molar-refractivity contribution in [2.24, 2.45) is 0 Å². The van der Waals surface area contributed by atoms with Crippen LogP contribution >= 0.6 is 0 Å². The van der Waals surface area contributed by atoms with Gasteiger partial charge in [-0.1, -0.05) is 0 Å². The number of aliphatic hydroxyl groups excluding tert-OH is 1. The lowest BCUT2D eigenvalue weighted by atomic mass is 10.0. The van der Waals surface area contributed by atoms with Crippen molar-refractivity contribution in [3.63, 3.8) is 0 Å². The Kier molecular flexibility index (Phi) is 4.54. The van der Waals surface area contributed by atoms with E-state index in [0.29, 0.717) is 12.1 Å². The summed E-state index contributed by atoms with van der Waals surface area (Å²) in [6, 6.07) is 9.12. The summed E-state index contributed by atoms with van der Waals surface area (Å²) in [5.74, 6) is -0.0889. The molecule has 2 atom stereocenters. The number of aromatic nitrogens is 2. The van der Waals surface area contributed by atoms with Crippen LogP contribution in [0.2, 0.25) is 0 Å². The molecule has 0 unspecified atom stereocenters. The highest BCUT2D eigenvalue weighted by Crippen LogP contribution is 2.38. The lowest BCUT2D eigenvalue weighted by Crippen LogP contribution is -2.25. The Balaban J connectivity index is 1.55. The van der Waals surface area contributed by atoms with Gasteiger partial charge in [-0.25, -0.2) is 13.8 Å². The number of benzene rings is 1. The number of anilines is 2. The zero-order valence-electron chi connectivity index (χ0n) is 15.9. The highest BCUT2D eigenvalue weighted by atomic mass is 19.1. The molecule has 2 saturated heterocycles. The Bertz CT molecular complexity index is 1060. The maximum Gasteiger partial charge on any atom is 0.129 e. The lowest BCUT2D eigenvalue weighted by molar-refractivity contribution is 0.198. The molecule has 3 aromatic rings. The Morgan fingerprint density at radius 2 is 1.93 bits per heavy atom. The number of pyridine rings is 2. The highest BCUT2D eigenvalue weighted by molar-refractivity contribution is 5.89. The van der Waals surface area contributed by atoms with E-state index in [2.05, 4.69) is 9.88 Å². The van der Waals surface area contributed by atoms with Gasteiger partial charge < -0.3 is 14.9 Å². The molecule has 2 aromatic heterocycles. The first-order valence-corrected chi connectivity index (χ1v) is 10.0. The third kappa shape index (κ3) is 3.29. The summed E-state index contributed by atoms with van der Waals surface area (Å²) in [7, 11) is 0. The molecule has 1 aromatic carbocycles. The Labute approximate surface area is 167 Å². The number of β-amino-alcohol motifs (C(OH)–C–C–N with tert-alkyl or cyclic N) is 1. The van der Waals surface area contributed by atoms with Crippen LogP contribution in [0.1, 0.15) is 30.9 Å². The van der Waals surface area contributed by atoms with Gasteiger partial charge in [0.05, 0.1) is 23.3 Å². The van der Waals surface area contributed by atoms with E-state index >= 15 is 0 Å². The topological polar surface area (TPSA) is 52.5 Å². The molecule has 150 valence electrons. The molecule has 1 N–H and O–H groups in total. The van der Waals surface area contributed by atoms with Gasteiger partial charge >= 0.3 is 0 Å². The first kappa shape index (κ1) is 18.2. The first-order valence-electron chi connectivity index (χ1n) is 10.0. The van der Waals surface area contributed by atoms with Gasteiger partial charge in [-0.05, 0) is 55.7 Å². The van der Waals surface area contributed by atoms with E-state index in [4.69, 9.17) is 4.98 Å². The summed E-state index contributed by atoms with van der Waals surface area (Å²) in [5, 5.41) is 9.92. The molecule has 5 nitrogen and oxygen atoms in total. The SMILES string of the molecule is O[C@@H]1CCN(c2ccnc3ccc(N4CCC[C@@H]4c4cc(F)ccc4F)nc23)C1. The van der Waals surface area contributed by atoms with E-state index in [1.807, 2.05) is 23.1 Å². The van der Waals surface area contributed by atoms with Crippen molar-refractivity contribution in [1.82, 2.24) is 9.97 Å². The minimum Gasteiger partial charge on any atom is -0.391 e. The van der Waals surface area contributed by atoms with Crippen molar-refractivity contribution in [2.45, 2.75) is 31.4 Å². The maximum absolute atomic E-state index is 14.4. The van der Waals surface area contributed by atoms with E-state index in [0.717, 1.165) is 61.0 Å². The maximum atomic E-state index is 14.4. The number of hydrogen-bond acceptors (Lipinski definition) is 5. The lowest BCUT2D eigenvalue weighted by Gasteiger charge is -2.27. The molecule has 0 amide bonds. The largest absolute Gasteiger partial charge is 0.391 e. The van der Waals surface area contributed by atoms with E-state index in [9.17, 15) is 13.9 Å². The molecule has 0 spiro atoms. The fourth-order valence-corrected chi connectivity index (χ4v) is 4.51. The summed E-state index contributed by atoms with van der Waals surface area (Å²) in [4.78, 5) is 13.5. The molecule has 4 heterocycles. The molecule has 2 aliphatic rings. The molecule has 0 radical (unpaired) electrons. The molecule has 7 heteroatoms. The van der Waals surface area contributed by atoms with E-state index in [-0.39, 0.29) is 12.1 Å². The number of halogens is 2. The molecule has 0 bridgehead atoms. The van der Waals surface area contributed by atoms with Gasteiger partial charge in [0.15, 0.2) is 0 Å². The summed E-state index contributed by atoms with van der Waals surface area (Å²) < 4.78 is 28.2. The van der Waals surface area contributed by atoms with Crippen LogP contribution in [0.25, 0.3) is 11.0 Å². The molecule has 0 saturated carbocycles. The van der Waals surface area contributed by atoms with Gasteiger partial charge in [0.25, 0.3) is 0 Å². The van der Waals surface area contributed by atoms with Crippen molar-refractivity contribution >= 4 is 22.5 Å². The van der Waals surface area contributed by atoms with Gasteiger partial charge in [0.2, 0.25) is 0 Å². The third-order valence-electron chi connectivity index (χ3n) is 5.92. The van der Waals surface area contributed by atoms with Gasteiger partial charge in [0, 0.05) is 31.4 Å². The molecule has 2 fully saturated rings. The van der Waals surface area contributed by atoms with E-state index in [1.165, 1.54) is 12.1 Å². The standard InChI is InChI=1S/C22H22F2N4O/c23-14-3-4-17(24)16(12-14)19-2-1-10-28(19)21-6-5-18-22(26-21)20(7-9-25-18)27-11-8-15(29)13-27/h3-7,9,12,15,19,29H,1-2,8,10-11,13H2/t15-,19-/m1/s1. The van der Waals surface area contributed by atoms with Gasteiger partial charge in [0.1, 0.15) is 23.0 Å². The molecular formula is C22H22F2N4O. The number of hydrogen-bond donors (Lipinski definition) is 1. The molecule has 5 rings (SSSR count). The average molecular weight is 396 g/mol. The fraction of sp³-hybridized carbons (Fsp3) is 0.364. The zero-order chi connectivity index (χ0) is 20.0. The minimum atomic E-state index is -0.432. The van der Waals surface area contributed by atoms with Crippen LogP contribution in [0.5, 0.6) is 0 Å². The zero-order valence-corrected chi connectivity index (χ0v) is 15.9. The molecule has 29 heavy (non-hydrogen) atoms. The number of aliphatic hydroxyl groups is 1. The van der Waals surface area contributed by atoms with Crippen LogP contribution in [0.15, 0.2) is 42.6 Å². The van der Waals surface area contributed by atoms with Gasteiger partial charge in [-0.3, -0.25) is 4.98 Å². The predicted octanol–water partition coefficient (Wildman–Crippen LogP) is 3.82. The Morgan fingerprint density at radius 3 is 2.76 bits per heavy atom. The summed E-state index contributed by atoms with van der Waals surface area (Å²) >= 11 is 0. The second-order valence-corrected chi connectivity index (χ2v) is 7.77. The van der Waals surface area contributed by atoms with Crippen molar-refractivity contribution in [2.75, 3.05) is 29.4 Å². The Morgan fingerprint density at radius 1 is 1.03 bits per heavy atom. The normalized spacial score (nSPS) is 22.0. The third-order valence-corrected chi connectivity index (χ3v) is 5.92. The average Bonchev–Trinajstić information content (AvgIpc) is 3.38. The smallest absolute Gasteiger partial charge is 0.129 e. The molecular weight excluding hydrogens is 374 g/mol. The fourth-order valence-electron chi connectivity index (χ4n) is 4.51. The van der Waals surface area contributed by atoms with Crippen molar-refractivity contribution in [1.29, 1.82) is 0 Å². The van der Waals surface area contributed by atoms with Crippen LogP contribution in [-0.2, 0) is 0 Å². The second kappa shape index (κ2) is 7.22. The van der Waals surface area contributed by atoms with Crippen molar-refractivity contribution in [3.05, 3.63) is 59.8 Å². The van der Waals surface area contributed by atoms with Gasteiger partial charge in [-0.2, -0.15) is 0 Å². The predicted molar refractivity (Wildman–Crippen MR) is 108 cm³/mol. The quantitative estimate of drug-likeness (QED) is 0.730. The number of fused-ring (bicyclic) bond motifs is 1. The van der Waals surface area contributed by atoms with Crippen molar-refractivity contribution in [3.8, 4) is 0 Å². The first-order chi connectivity index (χ1) is 14.1. The number of rotatable bonds is 3.